The number of hydrogen-bond donors (Lipinski definition) is 2. The minimum atomic E-state index is -4.76. The first-order chi connectivity index (χ1) is 12.9. The first-order valence-electron chi connectivity index (χ1n) is 9.24. The molecule has 0 saturated carbocycles. The number of guanidine groups is 1. The number of nitrogens with zero attached hydrogens (tertiary/aromatic N) is 3. The zero-order chi connectivity index (χ0) is 19.7. The number of benzene rings is 1. The molecular weight excluding hydrogens is 486 g/mol. The van der Waals surface area contributed by atoms with E-state index in [1.807, 2.05) is 0 Å². The van der Waals surface area contributed by atoms with Gasteiger partial charge in [-0.3, -0.25) is 4.99 Å². The predicted octanol–water partition coefficient (Wildman–Crippen LogP) is 3.35. The summed E-state index contributed by atoms with van der Waals surface area (Å²) < 4.78 is 41.2. The molecular formula is C18H29F3IN5O. The second-order valence-electron chi connectivity index (χ2n) is 6.42. The van der Waals surface area contributed by atoms with Gasteiger partial charge in [-0.05, 0) is 38.1 Å². The van der Waals surface area contributed by atoms with Crippen molar-refractivity contribution in [1.29, 1.82) is 0 Å². The summed E-state index contributed by atoms with van der Waals surface area (Å²) >= 11 is 0. The van der Waals surface area contributed by atoms with E-state index in [1.54, 1.807) is 6.07 Å². The Bertz CT molecular complexity index is 607. The molecule has 3 N–H and O–H groups in total. The first kappa shape index (κ1) is 24.8. The number of nitrogens with one attached hydrogen (secondary N) is 1. The van der Waals surface area contributed by atoms with Gasteiger partial charge in [0, 0.05) is 32.7 Å². The van der Waals surface area contributed by atoms with Gasteiger partial charge in [-0.15, -0.1) is 37.1 Å². The van der Waals surface area contributed by atoms with Crippen LogP contribution in [0.4, 0.5) is 18.9 Å². The lowest BCUT2D eigenvalue weighted by Crippen LogP contribution is -2.46. The third kappa shape index (κ3) is 9.28. The number of unbranched alkanes of at least 4 members (excludes halogenated alkanes) is 1. The molecule has 28 heavy (non-hydrogen) atoms. The lowest BCUT2D eigenvalue weighted by atomic mass is 10.2. The second kappa shape index (κ2) is 12.3. The number of hydrogen-bond acceptors (Lipinski definition) is 4. The lowest BCUT2D eigenvalue weighted by molar-refractivity contribution is -0.274. The SMILES string of the molecule is CCN1CCN(CCCCN=C(N)Nc2ccccc2OC(F)(F)F)CC1.I. The van der Waals surface area contributed by atoms with Crippen LogP contribution in [0.1, 0.15) is 19.8 Å². The summed E-state index contributed by atoms with van der Waals surface area (Å²) in [6.07, 6.45) is -2.87. The molecule has 1 aromatic rings. The molecule has 0 radical (unpaired) electrons. The third-order valence-corrected chi connectivity index (χ3v) is 4.45. The number of para-hydroxylation sites is 2. The number of alkyl halides is 3. The van der Waals surface area contributed by atoms with Gasteiger partial charge in [0.25, 0.3) is 0 Å². The zero-order valence-electron chi connectivity index (χ0n) is 16.0. The van der Waals surface area contributed by atoms with Crippen molar-refractivity contribution in [3.05, 3.63) is 24.3 Å². The van der Waals surface area contributed by atoms with E-state index in [1.165, 1.54) is 18.2 Å². The fourth-order valence-electron chi connectivity index (χ4n) is 2.94. The van der Waals surface area contributed by atoms with Crippen LogP contribution in [0.15, 0.2) is 29.3 Å². The highest BCUT2D eigenvalue weighted by atomic mass is 127. The molecule has 0 unspecified atom stereocenters. The fraction of sp³-hybridized carbons (Fsp3) is 0.611. The molecule has 10 heteroatoms. The Labute approximate surface area is 181 Å². The van der Waals surface area contributed by atoms with E-state index in [9.17, 15) is 13.2 Å². The Morgan fingerprint density at radius 2 is 1.79 bits per heavy atom. The molecule has 0 bridgehead atoms. The van der Waals surface area contributed by atoms with Crippen molar-refractivity contribution < 1.29 is 17.9 Å². The maximum absolute atomic E-state index is 12.4. The van der Waals surface area contributed by atoms with E-state index in [2.05, 4.69) is 31.8 Å². The van der Waals surface area contributed by atoms with E-state index in [4.69, 9.17) is 5.73 Å². The first-order valence-corrected chi connectivity index (χ1v) is 9.24. The van der Waals surface area contributed by atoms with Crippen LogP contribution in [0.2, 0.25) is 0 Å². The zero-order valence-corrected chi connectivity index (χ0v) is 18.4. The van der Waals surface area contributed by atoms with Gasteiger partial charge in [0.1, 0.15) is 0 Å². The Morgan fingerprint density at radius 3 is 2.43 bits per heavy atom. The average molecular weight is 515 g/mol. The number of piperazine rings is 1. The van der Waals surface area contributed by atoms with Gasteiger partial charge in [0.2, 0.25) is 0 Å². The van der Waals surface area contributed by atoms with Gasteiger partial charge in [-0.1, -0.05) is 19.1 Å². The third-order valence-electron chi connectivity index (χ3n) is 4.45. The smallest absolute Gasteiger partial charge is 0.404 e. The fourth-order valence-corrected chi connectivity index (χ4v) is 2.94. The molecule has 6 nitrogen and oxygen atoms in total. The number of likely N-dealkylation sites (N-methyl/N-ethyl adjacent to an activating group) is 1. The summed E-state index contributed by atoms with van der Waals surface area (Å²) in [5.74, 6) is -0.265. The summed E-state index contributed by atoms with van der Waals surface area (Å²) in [5.41, 5.74) is 5.91. The van der Waals surface area contributed by atoms with E-state index < -0.39 is 6.36 Å². The van der Waals surface area contributed by atoms with Crippen LogP contribution in [0.3, 0.4) is 0 Å². The molecule has 0 amide bonds. The van der Waals surface area contributed by atoms with Crippen LogP contribution in [-0.2, 0) is 0 Å². The summed E-state index contributed by atoms with van der Waals surface area (Å²) in [7, 11) is 0. The van der Waals surface area contributed by atoms with Crippen molar-refractivity contribution in [1.82, 2.24) is 9.80 Å². The molecule has 1 aliphatic heterocycles. The van der Waals surface area contributed by atoms with Crippen LogP contribution in [0.5, 0.6) is 5.75 Å². The Kier molecular flexibility index (Phi) is 10.9. The van der Waals surface area contributed by atoms with E-state index >= 15 is 0 Å². The molecule has 0 spiro atoms. The number of anilines is 1. The number of aliphatic imine (C=N–C) groups is 1. The van der Waals surface area contributed by atoms with E-state index in [0.717, 1.165) is 52.1 Å². The molecule has 1 aromatic carbocycles. The van der Waals surface area contributed by atoms with Gasteiger partial charge >= 0.3 is 6.36 Å². The Morgan fingerprint density at radius 1 is 1.14 bits per heavy atom. The van der Waals surface area contributed by atoms with Crippen molar-refractivity contribution in [2.75, 3.05) is 51.1 Å². The summed E-state index contributed by atoms with van der Waals surface area (Å²) in [5, 5.41) is 2.67. The highest BCUT2D eigenvalue weighted by molar-refractivity contribution is 14.0. The molecule has 1 fully saturated rings. The number of nitrogens with two attached hydrogens (primary N) is 1. The average Bonchev–Trinajstić information content (AvgIpc) is 2.62. The number of ether oxygens (including phenoxy) is 1. The molecule has 2 rings (SSSR count). The summed E-state index contributed by atoms with van der Waals surface area (Å²) in [6.45, 7) is 9.26. The van der Waals surface area contributed by atoms with Crippen molar-refractivity contribution in [2.45, 2.75) is 26.1 Å². The highest BCUT2D eigenvalue weighted by Crippen LogP contribution is 2.29. The van der Waals surface area contributed by atoms with Crippen molar-refractivity contribution in [3.8, 4) is 5.75 Å². The summed E-state index contributed by atoms with van der Waals surface area (Å²) in [6, 6.07) is 5.73. The molecule has 1 heterocycles. The van der Waals surface area contributed by atoms with Crippen molar-refractivity contribution in [3.63, 3.8) is 0 Å². The standard InChI is InChI=1S/C18H28F3N5O.HI/c1-2-25-11-13-26(14-12-25)10-6-5-9-23-17(22)24-15-7-3-4-8-16(15)27-18(19,20)21;/h3-4,7-8H,2,5-6,9-14H2,1H3,(H3,22,23,24);1H. The van der Waals surface area contributed by atoms with Crippen LogP contribution >= 0.6 is 24.0 Å². The van der Waals surface area contributed by atoms with E-state index in [0.29, 0.717) is 6.54 Å². The maximum atomic E-state index is 12.4. The minimum absolute atomic E-state index is 0. The van der Waals surface area contributed by atoms with Crippen LogP contribution in [-0.4, -0.2) is 67.9 Å². The van der Waals surface area contributed by atoms with E-state index in [-0.39, 0.29) is 41.4 Å². The molecule has 0 aromatic heterocycles. The summed E-state index contributed by atoms with van der Waals surface area (Å²) in [4.78, 5) is 9.07. The van der Waals surface area contributed by atoms with Crippen LogP contribution in [0, 0.1) is 0 Å². The van der Waals surface area contributed by atoms with Crippen LogP contribution < -0.4 is 15.8 Å². The molecule has 1 aliphatic rings. The van der Waals surface area contributed by atoms with Gasteiger partial charge < -0.3 is 25.6 Å². The molecule has 1 saturated heterocycles. The normalized spacial score (nSPS) is 16.5. The maximum Gasteiger partial charge on any atom is 0.573 e. The lowest BCUT2D eigenvalue weighted by Gasteiger charge is -2.33. The minimum Gasteiger partial charge on any atom is -0.404 e. The van der Waals surface area contributed by atoms with Gasteiger partial charge in [-0.25, -0.2) is 0 Å². The second-order valence-corrected chi connectivity index (χ2v) is 6.42. The number of rotatable bonds is 8. The van der Waals surface area contributed by atoms with Gasteiger partial charge in [0.05, 0.1) is 5.69 Å². The molecule has 0 aliphatic carbocycles. The van der Waals surface area contributed by atoms with Crippen molar-refractivity contribution >= 4 is 35.6 Å². The largest absolute Gasteiger partial charge is 0.573 e. The van der Waals surface area contributed by atoms with Crippen LogP contribution in [0.25, 0.3) is 0 Å². The number of halogens is 4. The molecule has 160 valence electrons. The Hall–Kier alpha value is -1.27. The predicted molar refractivity (Wildman–Crippen MR) is 116 cm³/mol. The van der Waals surface area contributed by atoms with Crippen molar-refractivity contribution in [2.24, 2.45) is 10.7 Å². The highest BCUT2D eigenvalue weighted by Gasteiger charge is 2.32. The van der Waals surface area contributed by atoms with Gasteiger partial charge in [0.15, 0.2) is 11.7 Å². The molecule has 0 atom stereocenters. The topological polar surface area (TPSA) is 66.1 Å². The monoisotopic (exact) mass is 515 g/mol. The Balaban J connectivity index is 0.00000392. The quantitative estimate of drug-likeness (QED) is 0.241. The van der Waals surface area contributed by atoms with Gasteiger partial charge in [-0.2, -0.15) is 0 Å².